The van der Waals surface area contributed by atoms with Gasteiger partial charge in [-0.25, -0.2) is 0 Å². The summed E-state index contributed by atoms with van der Waals surface area (Å²) < 4.78 is 1.68. The lowest BCUT2D eigenvalue weighted by Crippen LogP contribution is -2.17. The van der Waals surface area contributed by atoms with Crippen LogP contribution in [0.1, 0.15) is 6.42 Å². The van der Waals surface area contributed by atoms with Crippen LogP contribution in [0, 0.1) is 0 Å². The minimum Gasteiger partial charge on any atom is -0.326 e. The predicted molar refractivity (Wildman–Crippen MR) is 85.7 cm³/mol. The molecule has 22 heavy (non-hydrogen) atoms. The van der Waals surface area contributed by atoms with Gasteiger partial charge in [-0.2, -0.15) is 5.10 Å². The third kappa shape index (κ3) is 3.03. The fourth-order valence-electron chi connectivity index (χ4n) is 2.29. The van der Waals surface area contributed by atoms with Crippen molar-refractivity contribution in [2.75, 3.05) is 5.32 Å². The van der Waals surface area contributed by atoms with Crippen molar-refractivity contribution in [2.24, 2.45) is 0 Å². The molecule has 0 fully saturated rings. The van der Waals surface area contributed by atoms with E-state index in [1.165, 1.54) is 6.20 Å². The van der Waals surface area contributed by atoms with Crippen LogP contribution in [0.3, 0.4) is 0 Å². The molecule has 110 valence electrons. The van der Waals surface area contributed by atoms with E-state index in [1.807, 2.05) is 48.5 Å². The van der Waals surface area contributed by atoms with E-state index < -0.39 is 0 Å². The number of aryl methyl sites for hydroxylation is 1. The van der Waals surface area contributed by atoms with Crippen molar-refractivity contribution in [1.82, 2.24) is 9.78 Å². The Morgan fingerprint density at radius 3 is 2.59 bits per heavy atom. The van der Waals surface area contributed by atoms with Gasteiger partial charge >= 0.3 is 0 Å². The number of para-hydroxylation sites is 2. The smallest absolute Gasteiger partial charge is 0.226 e. The van der Waals surface area contributed by atoms with Crippen LogP contribution in [0.5, 0.6) is 0 Å². The Labute approximate surface area is 127 Å². The van der Waals surface area contributed by atoms with Gasteiger partial charge in [0.15, 0.2) is 0 Å². The number of nitrogens with zero attached hydrogens (tertiary/aromatic N) is 2. The summed E-state index contributed by atoms with van der Waals surface area (Å²) >= 11 is 0. The number of hydrogen-bond donors (Lipinski definition) is 1. The van der Waals surface area contributed by atoms with Crippen molar-refractivity contribution < 1.29 is 4.79 Å². The van der Waals surface area contributed by atoms with Gasteiger partial charge in [-0.1, -0.05) is 30.3 Å². The molecule has 5 heteroatoms. The highest BCUT2D eigenvalue weighted by Gasteiger charge is 2.06. The van der Waals surface area contributed by atoms with Gasteiger partial charge in [0, 0.05) is 17.5 Å². The molecule has 1 heterocycles. The average molecular weight is 293 g/mol. The Morgan fingerprint density at radius 2 is 1.77 bits per heavy atom. The molecule has 0 unspecified atom stereocenters. The van der Waals surface area contributed by atoms with Gasteiger partial charge in [0.05, 0.1) is 18.3 Å². The van der Waals surface area contributed by atoms with Gasteiger partial charge in [0.2, 0.25) is 11.3 Å². The first-order valence-electron chi connectivity index (χ1n) is 7.04. The first-order chi connectivity index (χ1) is 10.7. The SMILES string of the molecule is O=C(CCn1ncc(=O)c2ccccc21)Nc1ccccc1. The predicted octanol–water partition coefficient (Wildman–Crippen LogP) is 2.43. The second-order valence-electron chi connectivity index (χ2n) is 4.91. The molecule has 1 aromatic heterocycles. The summed E-state index contributed by atoms with van der Waals surface area (Å²) in [6.45, 7) is 0.416. The number of nitrogens with one attached hydrogen (secondary N) is 1. The summed E-state index contributed by atoms with van der Waals surface area (Å²) in [7, 11) is 0. The molecule has 0 aliphatic heterocycles. The van der Waals surface area contributed by atoms with E-state index in [0.29, 0.717) is 11.9 Å². The molecule has 3 rings (SSSR count). The van der Waals surface area contributed by atoms with Gasteiger partial charge < -0.3 is 5.32 Å². The fraction of sp³-hybridized carbons (Fsp3) is 0.118. The zero-order valence-corrected chi connectivity index (χ0v) is 11.9. The van der Waals surface area contributed by atoms with Crippen molar-refractivity contribution in [1.29, 1.82) is 0 Å². The summed E-state index contributed by atoms with van der Waals surface area (Å²) in [6.07, 6.45) is 1.58. The zero-order chi connectivity index (χ0) is 15.4. The van der Waals surface area contributed by atoms with E-state index >= 15 is 0 Å². The molecule has 3 aromatic rings. The Kier molecular flexibility index (Phi) is 3.96. The van der Waals surface area contributed by atoms with Crippen LogP contribution >= 0.6 is 0 Å². The second kappa shape index (κ2) is 6.22. The molecular weight excluding hydrogens is 278 g/mol. The largest absolute Gasteiger partial charge is 0.326 e. The van der Waals surface area contributed by atoms with Crippen LogP contribution in [-0.2, 0) is 11.3 Å². The topological polar surface area (TPSA) is 64.0 Å². The number of fused-ring (bicyclic) bond motifs is 1. The Bertz CT molecular complexity index is 856. The molecule has 0 spiro atoms. The standard InChI is InChI=1S/C17H15N3O2/c21-16-12-18-20(15-9-5-4-8-14(15)16)11-10-17(22)19-13-6-2-1-3-7-13/h1-9,12H,10-11H2,(H,19,22). The first-order valence-corrected chi connectivity index (χ1v) is 7.04. The van der Waals surface area contributed by atoms with Gasteiger partial charge in [-0.3, -0.25) is 14.3 Å². The Morgan fingerprint density at radius 1 is 1.05 bits per heavy atom. The molecule has 0 saturated heterocycles. The molecule has 0 aliphatic carbocycles. The second-order valence-corrected chi connectivity index (χ2v) is 4.91. The minimum atomic E-state index is -0.111. The number of carbonyl (C=O) groups excluding carboxylic acids is 1. The fourth-order valence-corrected chi connectivity index (χ4v) is 2.29. The van der Waals surface area contributed by atoms with Crippen LogP contribution in [0.2, 0.25) is 0 Å². The number of carbonyl (C=O) groups is 1. The van der Waals surface area contributed by atoms with E-state index in [4.69, 9.17) is 0 Å². The molecule has 0 radical (unpaired) electrons. The van der Waals surface area contributed by atoms with E-state index in [-0.39, 0.29) is 17.8 Å². The van der Waals surface area contributed by atoms with E-state index in [0.717, 1.165) is 11.2 Å². The number of amides is 1. The number of aromatic nitrogens is 2. The summed E-state index contributed by atoms with van der Waals surface area (Å²) in [4.78, 5) is 23.7. The van der Waals surface area contributed by atoms with Crippen molar-refractivity contribution in [3.8, 4) is 0 Å². The van der Waals surface area contributed by atoms with E-state index in [9.17, 15) is 9.59 Å². The average Bonchev–Trinajstić information content (AvgIpc) is 2.55. The monoisotopic (exact) mass is 293 g/mol. The molecule has 2 aromatic carbocycles. The van der Waals surface area contributed by atoms with Gasteiger partial charge in [-0.15, -0.1) is 0 Å². The molecule has 0 atom stereocenters. The number of anilines is 1. The summed E-state index contributed by atoms with van der Waals surface area (Å²) in [6, 6.07) is 16.6. The van der Waals surface area contributed by atoms with Crippen LogP contribution in [0.15, 0.2) is 65.6 Å². The molecule has 5 nitrogen and oxygen atoms in total. The van der Waals surface area contributed by atoms with E-state index in [1.54, 1.807) is 10.7 Å². The maximum atomic E-state index is 12.0. The van der Waals surface area contributed by atoms with Crippen LogP contribution in [-0.4, -0.2) is 15.7 Å². The number of rotatable bonds is 4. The molecule has 0 saturated carbocycles. The highest BCUT2D eigenvalue weighted by atomic mass is 16.1. The lowest BCUT2D eigenvalue weighted by Gasteiger charge is -2.09. The number of benzene rings is 2. The molecule has 0 aliphatic rings. The van der Waals surface area contributed by atoms with Crippen LogP contribution < -0.4 is 10.7 Å². The highest BCUT2D eigenvalue weighted by molar-refractivity contribution is 5.90. The molecule has 0 bridgehead atoms. The normalized spacial score (nSPS) is 10.5. The quantitative estimate of drug-likeness (QED) is 0.803. The Hall–Kier alpha value is -2.95. The van der Waals surface area contributed by atoms with Crippen molar-refractivity contribution in [2.45, 2.75) is 13.0 Å². The third-order valence-corrected chi connectivity index (χ3v) is 3.37. The Balaban J connectivity index is 1.73. The summed E-state index contributed by atoms with van der Waals surface area (Å²) in [5.41, 5.74) is 1.40. The molecule has 1 N–H and O–H groups in total. The molecule has 1 amide bonds. The van der Waals surface area contributed by atoms with Gasteiger partial charge in [0.1, 0.15) is 0 Å². The summed E-state index contributed by atoms with van der Waals surface area (Å²) in [5.74, 6) is -0.0872. The highest BCUT2D eigenvalue weighted by Crippen LogP contribution is 2.09. The first kappa shape index (κ1) is 14.0. The van der Waals surface area contributed by atoms with Crippen molar-refractivity contribution in [3.05, 3.63) is 71.0 Å². The van der Waals surface area contributed by atoms with E-state index in [2.05, 4.69) is 10.4 Å². The van der Waals surface area contributed by atoms with Crippen LogP contribution in [0.4, 0.5) is 5.69 Å². The van der Waals surface area contributed by atoms with Gasteiger partial charge in [0.25, 0.3) is 0 Å². The van der Waals surface area contributed by atoms with Crippen LogP contribution in [0.25, 0.3) is 10.9 Å². The van der Waals surface area contributed by atoms with Crippen molar-refractivity contribution >= 4 is 22.5 Å². The lowest BCUT2D eigenvalue weighted by molar-refractivity contribution is -0.116. The van der Waals surface area contributed by atoms with Crippen molar-refractivity contribution in [3.63, 3.8) is 0 Å². The summed E-state index contributed by atoms with van der Waals surface area (Å²) in [5, 5.41) is 7.55. The maximum absolute atomic E-state index is 12.0. The zero-order valence-electron chi connectivity index (χ0n) is 11.9. The third-order valence-electron chi connectivity index (χ3n) is 3.37. The lowest BCUT2D eigenvalue weighted by atomic mass is 10.2. The number of hydrogen-bond acceptors (Lipinski definition) is 3. The molecular formula is C17H15N3O2. The maximum Gasteiger partial charge on any atom is 0.226 e. The van der Waals surface area contributed by atoms with Gasteiger partial charge in [-0.05, 0) is 24.3 Å². The minimum absolute atomic E-state index is 0.0872.